The van der Waals surface area contributed by atoms with Gasteiger partial charge in [0.15, 0.2) is 0 Å². The van der Waals surface area contributed by atoms with E-state index in [0.29, 0.717) is 6.54 Å². The first-order valence-electron chi connectivity index (χ1n) is 4.97. The van der Waals surface area contributed by atoms with Gasteiger partial charge in [-0.2, -0.15) is 0 Å². The van der Waals surface area contributed by atoms with Crippen molar-refractivity contribution in [3.05, 3.63) is 28.8 Å². The molecule has 0 spiro atoms. The predicted octanol–water partition coefficient (Wildman–Crippen LogP) is 1.49. The maximum Gasteiger partial charge on any atom is 0.239 e. The van der Waals surface area contributed by atoms with Gasteiger partial charge in [0.05, 0.1) is 5.02 Å². The first-order valence-corrected chi connectivity index (χ1v) is 6.89. The summed E-state index contributed by atoms with van der Waals surface area (Å²) in [4.78, 5) is -0.0232. The number of benzene rings is 1. The van der Waals surface area contributed by atoms with Crippen LogP contribution in [-0.2, 0) is 16.6 Å². The molecule has 0 heterocycles. The van der Waals surface area contributed by atoms with E-state index >= 15 is 0 Å². The highest BCUT2D eigenvalue weighted by Gasteiger charge is 2.13. The van der Waals surface area contributed by atoms with Crippen LogP contribution in [0, 0.1) is 0 Å². The molecule has 0 atom stereocenters. The van der Waals surface area contributed by atoms with E-state index in [2.05, 4.69) is 12.2 Å². The normalized spacial score (nSPS) is 11.7. The molecule has 0 fully saturated rings. The highest BCUT2D eigenvalue weighted by molar-refractivity contribution is 7.89. The minimum absolute atomic E-state index is 0.0232. The monoisotopic (exact) mass is 262 g/mol. The fraction of sp³-hybridized carbons (Fsp3) is 0.400. The Kier molecular flexibility index (Phi) is 4.73. The van der Waals surface area contributed by atoms with Crippen LogP contribution in [0.2, 0.25) is 5.02 Å². The molecule has 3 N–H and O–H groups in total. The summed E-state index contributed by atoms with van der Waals surface area (Å²) in [6.07, 6.45) is 1.02. The van der Waals surface area contributed by atoms with Crippen LogP contribution in [0.5, 0.6) is 0 Å². The van der Waals surface area contributed by atoms with Crippen molar-refractivity contribution in [3.8, 4) is 0 Å². The molecule has 4 nitrogen and oxygen atoms in total. The van der Waals surface area contributed by atoms with Crippen LogP contribution in [0.25, 0.3) is 0 Å². The van der Waals surface area contributed by atoms with Crippen molar-refractivity contribution in [3.63, 3.8) is 0 Å². The zero-order chi connectivity index (χ0) is 12.2. The molecule has 0 aliphatic carbocycles. The maximum absolute atomic E-state index is 11.2. The van der Waals surface area contributed by atoms with Crippen LogP contribution in [0.15, 0.2) is 23.1 Å². The van der Waals surface area contributed by atoms with Gasteiger partial charge in [-0.15, -0.1) is 0 Å². The average molecular weight is 263 g/mol. The molecule has 90 valence electrons. The highest BCUT2D eigenvalue weighted by Crippen LogP contribution is 2.21. The number of nitrogens with one attached hydrogen (secondary N) is 1. The topological polar surface area (TPSA) is 72.2 Å². The molecule has 0 saturated heterocycles. The molecule has 0 aromatic heterocycles. The lowest BCUT2D eigenvalue weighted by Gasteiger charge is -2.06. The third kappa shape index (κ3) is 3.75. The lowest BCUT2D eigenvalue weighted by Crippen LogP contribution is -2.16. The van der Waals surface area contributed by atoms with E-state index in [9.17, 15) is 8.42 Å². The Bertz CT molecular complexity index is 460. The van der Waals surface area contributed by atoms with E-state index in [4.69, 9.17) is 16.7 Å². The molecule has 0 unspecified atom stereocenters. The molecule has 0 aliphatic rings. The van der Waals surface area contributed by atoms with E-state index in [1.165, 1.54) is 6.07 Å². The van der Waals surface area contributed by atoms with Crippen molar-refractivity contribution in [2.75, 3.05) is 6.54 Å². The Morgan fingerprint density at radius 1 is 1.44 bits per heavy atom. The predicted molar refractivity (Wildman–Crippen MR) is 64.8 cm³/mol. The van der Waals surface area contributed by atoms with Gasteiger partial charge in [-0.3, -0.25) is 0 Å². The summed E-state index contributed by atoms with van der Waals surface area (Å²) in [5.74, 6) is 0. The summed E-state index contributed by atoms with van der Waals surface area (Å²) in [6.45, 7) is 3.55. The van der Waals surface area contributed by atoms with Gasteiger partial charge in [-0.25, -0.2) is 13.6 Å². The van der Waals surface area contributed by atoms with Crippen LogP contribution in [0.1, 0.15) is 18.9 Å². The van der Waals surface area contributed by atoms with E-state index in [0.717, 1.165) is 18.5 Å². The molecular weight excluding hydrogens is 248 g/mol. The van der Waals surface area contributed by atoms with Crippen LogP contribution in [-0.4, -0.2) is 15.0 Å². The first-order chi connectivity index (χ1) is 7.45. The molecule has 1 rings (SSSR count). The Labute approximate surface area is 101 Å². The van der Waals surface area contributed by atoms with Gasteiger partial charge in [-0.05, 0) is 30.7 Å². The maximum atomic E-state index is 11.2. The zero-order valence-corrected chi connectivity index (χ0v) is 10.6. The van der Waals surface area contributed by atoms with Gasteiger partial charge in [0, 0.05) is 6.54 Å². The van der Waals surface area contributed by atoms with E-state index in [-0.39, 0.29) is 9.92 Å². The number of hydrogen-bond donors (Lipinski definition) is 2. The molecular formula is C10H15ClN2O2S. The van der Waals surface area contributed by atoms with Crippen LogP contribution >= 0.6 is 11.6 Å². The van der Waals surface area contributed by atoms with E-state index in [1.807, 2.05) is 0 Å². The SMILES string of the molecule is CCCNCc1ccc(Cl)c(S(N)(=O)=O)c1. The summed E-state index contributed by atoms with van der Waals surface area (Å²) >= 11 is 5.76. The van der Waals surface area contributed by atoms with Crippen molar-refractivity contribution >= 4 is 21.6 Å². The summed E-state index contributed by atoms with van der Waals surface area (Å²) in [6, 6.07) is 4.82. The molecule has 1 aromatic rings. The number of hydrogen-bond acceptors (Lipinski definition) is 3. The molecule has 0 amide bonds. The van der Waals surface area contributed by atoms with Crippen LogP contribution in [0.3, 0.4) is 0 Å². The fourth-order valence-electron chi connectivity index (χ4n) is 1.29. The van der Waals surface area contributed by atoms with Gasteiger partial charge in [0.2, 0.25) is 10.0 Å². The summed E-state index contributed by atoms with van der Waals surface area (Å²) in [5.41, 5.74) is 0.849. The Morgan fingerprint density at radius 2 is 2.12 bits per heavy atom. The Morgan fingerprint density at radius 3 is 2.69 bits per heavy atom. The number of rotatable bonds is 5. The largest absolute Gasteiger partial charge is 0.313 e. The van der Waals surface area contributed by atoms with Crippen molar-refractivity contribution in [1.82, 2.24) is 5.32 Å². The summed E-state index contributed by atoms with van der Waals surface area (Å²) in [7, 11) is -3.75. The van der Waals surface area contributed by atoms with Gasteiger partial charge in [0.25, 0.3) is 0 Å². The minimum atomic E-state index is -3.75. The van der Waals surface area contributed by atoms with E-state index < -0.39 is 10.0 Å². The molecule has 1 aromatic carbocycles. The van der Waals surface area contributed by atoms with Crippen molar-refractivity contribution in [1.29, 1.82) is 0 Å². The first kappa shape index (κ1) is 13.4. The number of halogens is 1. The number of nitrogens with two attached hydrogens (primary N) is 1. The molecule has 0 saturated carbocycles. The van der Waals surface area contributed by atoms with Gasteiger partial charge >= 0.3 is 0 Å². The molecule has 16 heavy (non-hydrogen) atoms. The summed E-state index contributed by atoms with van der Waals surface area (Å²) < 4.78 is 22.4. The smallest absolute Gasteiger partial charge is 0.239 e. The third-order valence-corrected chi connectivity index (χ3v) is 3.45. The second-order valence-electron chi connectivity index (χ2n) is 3.49. The third-order valence-electron chi connectivity index (χ3n) is 2.06. The fourth-order valence-corrected chi connectivity index (χ4v) is 2.38. The van der Waals surface area contributed by atoms with Crippen LogP contribution < -0.4 is 10.5 Å². The minimum Gasteiger partial charge on any atom is -0.313 e. The lowest BCUT2D eigenvalue weighted by molar-refractivity contribution is 0.597. The molecule has 0 aliphatic heterocycles. The van der Waals surface area contributed by atoms with Crippen molar-refractivity contribution < 1.29 is 8.42 Å². The standard InChI is InChI=1S/C10H15ClN2O2S/c1-2-5-13-7-8-3-4-9(11)10(6-8)16(12,14)15/h3-4,6,13H,2,5,7H2,1H3,(H2,12,14,15). The molecule has 0 bridgehead atoms. The van der Waals surface area contributed by atoms with Gasteiger partial charge < -0.3 is 5.32 Å². The van der Waals surface area contributed by atoms with Gasteiger partial charge in [-0.1, -0.05) is 24.6 Å². The van der Waals surface area contributed by atoms with Crippen molar-refractivity contribution in [2.45, 2.75) is 24.8 Å². The Hall–Kier alpha value is -0.620. The number of sulfonamides is 1. The second kappa shape index (κ2) is 5.63. The number of primary sulfonamides is 1. The quantitative estimate of drug-likeness (QED) is 0.790. The zero-order valence-electron chi connectivity index (χ0n) is 9.03. The van der Waals surface area contributed by atoms with Crippen molar-refractivity contribution in [2.24, 2.45) is 5.14 Å². The molecule has 0 radical (unpaired) electrons. The average Bonchev–Trinajstić information content (AvgIpc) is 2.19. The Balaban J connectivity index is 2.91. The lowest BCUT2D eigenvalue weighted by atomic mass is 10.2. The van der Waals surface area contributed by atoms with Crippen LogP contribution in [0.4, 0.5) is 0 Å². The highest BCUT2D eigenvalue weighted by atomic mass is 35.5. The van der Waals surface area contributed by atoms with Gasteiger partial charge in [0.1, 0.15) is 4.90 Å². The second-order valence-corrected chi connectivity index (χ2v) is 5.42. The molecule has 6 heteroatoms. The summed E-state index contributed by atoms with van der Waals surface area (Å²) in [5, 5.41) is 8.37. The van der Waals surface area contributed by atoms with E-state index in [1.54, 1.807) is 12.1 Å².